The molecule has 1 atom stereocenters. The molecular weight excluding hydrogens is 556 g/mol. The second-order valence-electron chi connectivity index (χ2n) is 10.9. The van der Waals surface area contributed by atoms with Gasteiger partial charge in [-0.25, -0.2) is 13.6 Å². The first-order valence-electron chi connectivity index (χ1n) is 15.2. The molecule has 0 aromatic heterocycles. The highest BCUT2D eigenvalue weighted by Gasteiger charge is 2.12. The van der Waals surface area contributed by atoms with E-state index in [-0.39, 0.29) is 17.3 Å². The van der Waals surface area contributed by atoms with Crippen LogP contribution in [0.25, 0.3) is 0 Å². The quantitative estimate of drug-likeness (QED) is 0.107. The third-order valence-electron chi connectivity index (χ3n) is 7.08. The summed E-state index contributed by atoms with van der Waals surface area (Å²) in [4.78, 5) is 11.2. The molecule has 9 nitrogen and oxygen atoms in total. The SMILES string of the molecule is CCCCCc1cc(CCCCOCCCCCCNC[C@H](O)c2ccc(O)c(COC(C)=O)c2)cc(S(N)(=O)=O)c1. The van der Waals surface area contributed by atoms with E-state index in [1.807, 2.05) is 0 Å². The number of aliphatic hydroxyl groups excluding tert-OH is 1. The van der Waals surface area contributed by atoms with Gasteiger partial charge < -0.3 is 25.0 Å². The van der Waals surface area contributed by atoms with E-state index < -0.39 is 22.1 Å². The number of carbonyl (C=O) groups excluding carboxylic acids is 1. The number of hydrogen-bond donors (Lipinski definition) is 4. The Balaban J connectivity index is 1.53. The summed E-state index contributed by atoms with van der Waals surface area (Å²) in [6.45, 7) is 6.04. The highest BCUT2D eigenvalue weighted by molar-refractivity contribution is 7.89. The molecule has 0 aliphatic heterocycles. The molecule has 5 N–H and O–H groups in total. The van der Waals surface area contributed by atoms with Gasteiger partial charge in [0.05, 0.1) is 11.0 Å². The summed E-state index contributed by atoms with van der Waals surface area (Å²) in [7, 11) is -3.72. The zero-order chi connectivity index (χ0) is 30.8. The molecule has 2 aromatic rings. The zero-order valence-electron chi connectivity index (χ0n) is 25.3. The minimum atomic E-state index is -3.72. The Morgan fingerprint density at radius 3 is 2.21 bits per heavy atom. The van der Waals surface area contributed by atoms with E-state index in [9.17, 15) is 23.4 Å². The summed E-state index contributed by atoms with van der Waals surface area (Å²) in [5.74, 6) is -0.396. The summed E-state index contributed by atoms with van der Waals surface area (Å²) < 4.78 is 34.5. The third-order valence-corrected chi connectivity index (χ3v) is 7.97. The number of rotatable bonds is 22. The van der Waals surface area contributed by atoms with Crippen molar-refractivity contribution in [1.29, 1.82) is 0 Å². The lowest BCUT2D eigenvalue weighted by molar-refractivity contribution is -0.142. The number of unbranched alkanes of at least 4 members (excludes halogenated alkanes) is 6. The smallest absolute Gasteiger partial charge is 0.302 e. The monoisotopic (exact) mass is 606 g/mol. The van der Waals surface area contributed by atoms with Gasteiger partial charge in [0.1, 0.15) is 12.4 Å². The van der Waals surface area contributed by atoms with Gasteiger partial charge in [-0.3, -0.25) is 4.79 Å². The molecule has 0 heterocycles. The molecule has 2 rings (SSSR count). The number of nitrogens with two attached hydrogens (primary N) is 1. The second-order valence-corrected chi connectivity index (χ2v) is 12.4. The van der Waals surface area contributed by atoms with Crippen molar-refractivity contribution in [3.05, 3.63) is 58.7 Å². The van der Waals surface area contributed by atoms with Crippen molar-refractivity contribution in [2.75, 3.05) is 26.3 Å². The Morgan fingerprint density at radius 1 is 0.929 bits per heavy atom. The number of phenolic OH excluding ortho intramolecular Hbond substituents is 1. The lowest BCUT2D eigenvalue weighted by atomic mass is 10.0. The number of hydrogen-bond acceptors (Lipinski definition) is 8. The van der Waals surface area contributed by atoms with Crippen LogP contribution in [0.4, 0.5) is 0 Å². The highest BCUT2D eigenvalue weighted by atomic mass is 32.2. The minimum Gasteiger partial charge on any atom is -0.508 e. The zero-order valence-corrected chi connectivity index (χ0v) is 26.1. The average Bonchev–Trinajstić information content (AvgIpc) is 2.94. The van der Waals surface area contributed by atoms with Gasteiger partial charge in [-0.1, -0.05) is 44.7 Å². The van der Waals surface area contributed by atoms with Crippen LogP contribution in [0.1, 0.15) is 100.0 Å². The number of primary sulfonamides is 1. The summed E-state index contributed by atoms with van der Waals surface area (Å²) in [5.41, 5.74) is 3.17. The number of benzene rings is 2. The minimum absolute atomic E-state index is 0.0309. The molecule has 10 heteroatoms. The Kier molecular flexibility index (Phi) is 16.7. The maximum atomic E-state index is 11.9. The number of phenols is 1. The molecule has 0 amide bonds. The van der Waals surface area contributed by atoms with Crippen molar-refractivity contribution >= 4 is 16.0 Å². The van der Waals surface area contributed by atoms with Crippen LogP contribution in [-0.2, 0) is 43.7 Å². The van der Waals surface area contributed by atoms with Crippen LogP contribution < -0.4 is 10.5 Å². The van der Waals surface area contributed by atoms with Gasteiger partial charge in [0.2, 0.25) is 10.0 Å². The predicted molar refractivity (Wildman–Crippen MR) is 165 cm³/mol. The average molecular weight is 607 g/mol. The van der Waals surface area contributed by atoms with Crippen LogP contribution >= 0.6 is 0 Å². The second kappa shape index (κ2) is 19.6. The topological polar surface area (TPSA) is 148 Å². The summed E-state index contributed by atoms with van der Waals surface area (Å²) >= 11 is 0. The van der Waals surface area contributed by atoms with Crippen molar-refractivity contribution in [3.8, 4) is 5.75 Å². The number of aromatic hydroxyl groups is 1. The van der Waals surface area contributed by atoms with Crippen molar-refractivity contribution in [1.82, 2.24) is 5.32 Å². The number of sulfonamides is 1. The molecular formula is C32H50N2O7S. The van der Waals surface area contributed by atoms with Crippen LogP contribution in [0.2, 0.25) is 0 Å². The Bertz CT molecular complexity index is 1190. The van der Waals surface area contributed by atoms with Gasteiger partial charge in [-0.2, -0.15) is 0 Å². The number of aryl methyl sites for hydroxylation is 2. The Labute approximate surface area is 251 Å². The van der Waals surface area contributed by atoms with E-state index in [2.05, 4.69) is 18.3 Å². The first kappa shape index (κ1) is 35.7. The largest absolute Gasteiger partial charge is 0.508 e. The maximum Gasteiger partial charge on any atom is 0.302 e. The van der Waals surface area contributed by atoms with E-state index in [1.165, 1.54) is 13.0 Å². The fraction of sp³-hybridized carbons (Fsp3) is 0.594. The van der Waals surface area contributed by atoms with Crippen LogP contribution in [-0.4, -0.2) is 50.9 Å². The van der Waals surface area contributed by atoms with E-state index in [0.717, 1.165) is 94.9 Å². The van der Waals surface area contributed by atoms with Crippen LogP contribution in [0.15, 0.2) is 41.3 Å². The van der Waals surface area contributed by atoms with E-state index in [0.29, 0.717) is 24.3 Å². The lowest BCUT2D eigenvalue weighted by Crippen LogP contribution is -2.22. The summed E-state index contributed by atoms with van der Waals surface area (Å²) in [6, 6.07) is 10.3. The van der Waals surface area contributed by atoms with Crippen molar-refractivity contribution in [2.24, 2.45) is 5.14 Å². The van der Waals surface area contributed by atoms with Gasteiger partial charge in [-0.05, 0) is 92.4 Å². The molecule has 0 radical (unpaired) electrons. The normalized spacial score (nSPS) is 12.4. The molecule has 2 aromatic carbocycles. The van der Waals surface area contributed by atoms with E-state index in [4.69, 9.17) is 14.6 Å². The number of nitrogens with one attached hydrogen (secondary N) is 1. The number of aliphatic hydroxyl groups is 1. The van der Waals surface area contributed by atoms with Crippen LogP contribution in [0, 0.1) is 0 Å². The van der Waals surface area contributed by atoms with Crippen molar-refractivity contribution in [3.63, 3.8) is 0 Å². The van der Waals surface area contributed by atoms with E-state index in [1.54, 1.807) is 24.3 Å². The predicted octanol–water partition coefficient (Wildman–Crippen LogP) is 5.06. The Morgan fingerprint density at radius 2 is 1.57 bits per heavy atom. The van der Waals surface area contributed by atoms with Crippen LogP contribution in [0.3, 0.4) is 0 Å². The molecule has 236 valence electrons. The van der Waals surface area contributed by atoms with Crippen molar-refractivity contribution < 1.29 is 32.9 Å². The molecule has 0 spiro atoms. The molecule has 0 unspecified atom stereocenters. The van der Waals surface area contributed by atoms with Crippen LogP contribution in [0.5, 0.6) is 5.75 Å². The summed E-state index contributed by atoms with van der Waals surface area (Å²) in [5, 5.41) is 29.0. The standard InChI is InChI=1S/C32H50N2O7S/c1-3-4-7-12-26-19-27(21-30(20-26)42(33,38)39)13-8-11-18-40-17-10-6-5-9-16-34-23-32(37)28-14-15-31(36)29(22-28)24-41-25(2)35/h14-15,19-22,32,34,36-37H,3-13,16-18,23-24H2,1-2H3,(H2,33,38,39)/t32-/m0/s1. The number of carbonyl (C=O) groups is 1. The number of ether oxygens (including phenoxy) is 2. The molecule has 0 saturated heterocycles. The molecule has 0 saturated carbocycles. The van der Waals surface area contributed by atoms with Gasteiger partial charge in [0, 0.05) is 32.2 Å². The third kappa shape index (κ3) is 14.6. The first-order valence-corrected chi connectivity index (χ1v) is 16.7. The van der Waals surface area contributed by atoms with Gasteiger partial charge in [0.25, 0.3) is 0 Å². The highest BCUT2D eigenvalue weighted by Crippen LogP contribution is 2.23. The lowest BCUT2D eigenvalue weighted by Gasteiger charge is -2.14. The fourth-order valence-corrected chi connectivity index (χ4v) is 5.30. The molecule has 0 aliphatic rings. The molecule has 0 fully saturated rings. The molecule has 0 bridgehead atoms. The van der Waals surface area contributed by atoms with Gasteiger partial charge in [0.15, 0.2) is 0 Å². The van der Waals surface area contributed by atoms with Gasteiger partial charge >= 0.3 is 5.97 Å². The van der Waals surface area contributed by atoms with Gasteiger partial charge in [-0.15, -0.1) is 0 Å². The van der Waals surface area contributed by atoms with Crippen molar-refractivity contribution in [2.45, 2.75) is 102 Å². The first-order chi connectivity index (χ1) is 20.1. The Hall–Kier alpha value is -2.50. The van der Waals surface area contributed by atoms with E-state index >= 15 is 0 Å². The molecule has 0 aliphatic carbocycles. The fourth-order valence-electron chi connectivity index (χ4n) is 4.67. The summed E-state index contributed by atoms with van der Waals surface area (Å²) in [6.07, 6.45) is 10.2. The molecule has 42 heavy (non-hydrogen) atoms. The maximum absolute atomic E-state index is 11.9. The number of esters is 1.